The summed E-state index contributed by atoms with van der Waals surface area (Å²) in [7, 11) is 0. The standard InChI is InChI=1S/C19H14ClN/c1-3-13-9-10-15(11-14(13)4-2)19-12-17(20)16-7-5-6-8-18(16)21-19/h3-12H,1-2H2. The third kappa shape index (κ3) is 2.48. The Balaban J connectivity index is 2.20. The molecule has 1 heterocycles. The lowest BCUT2D eigenvalue weighted by Gasteiger charge is -2.08. The van der Waals surface area contributed by atoms with Crippen LogP contribution in [0.1, 0.15) is 11.1 Å². The molecule has 1 nitrogen and oxygen atoms in total. The second kappa shape index (κ2) is 5.55. The van der Waals surface area contributed by atoms with Crippen molar-refractivity contribution in [3.63, 3.8) is 0 Å². The number of pyridine rings is 1. The molecule has 0 fully saturated rings. The highest BCUT2D eigenvalue weighted by molar-refractivity contribution is 6.35. The number of rotatable bonds is 3. The van der Waals surface area contributed by atoms with E-state index in [9.17, 15) is 0 Å². The molecule has 1 aromatic heterocycles. The third-order valence-corrected chi connectivity index (χ3v) is 3.80. The van der Waals surface area contributed by atoms with Gasteiger partial charge in [-0.1, -0.05) is 67.2 Å². The lowest BCUT2D eigenvalue weighted by atomic mass is 10.0. The average molecular weight is 292 g/mol. The fourth-order valence-corrected chi connectivity index (χ4v) is 2.64. The fourth-order valence-electron chi connectivity index (χ4n) is 2.38. The minimum atomic E-state index is 0.712. The van der Waals surface area contributed by atoms with E-state index < -0.39 is 0 Å². The Labute approximate surface area is 129 Å². The van der Waals surface area contributed by atoms with Crippen molar-refractivity contribution in [1.29, 1.82) is 0 Å². The summed E-state index contributed by atoms with van der Waals surface area (Å²) in [5.74, 6) is 0. The number of benzene rings is 2. The normalized spacial score (nSPS) is 10.5. The van der Waals surface area contributed by atoms with E-state index in [4.69, 9.17) is 16.6 Å². The summed E-state index contributed by atoms with van der Waals surface area (Å²) >= 11 is 6.37. The van der Waals surface area contributed by atoms with E-state index in [1.807, 2.05) is 54.6 Å². The average Bonchev–Trinajstić information content (AvgIpc) is 2.54. The number of hydrogen-bond acceptors (Lipinski definition) is 1. The maximum atomic E-state index is 6.37. The Morgan fingerprint density at radius 1 is 0.905 bits per heavy atom. The first kappa shape index (κ1) is 13.6. The van der Waals surface area contributed by atoms with Crippen LogP contribution < -0.4 is 0 Å². The third-order valence-electron chi connectivity index (χ3n) is 3.49. The van der Waals surface area contributed by atoms with Gasteiger partial charge in [-0.05, 0) is 29.3 Å². The number of halogens is 1. The smallest absolute Gasteiger partial charge is 0.0724 e. The maximum Gasteiger partial charge on any atom is 0.0724 e. The second-order valence-corrected chi connectivity index (χ2v) is 5.17. The molecular formula is C19H14ClN. The van der Waals surface area contributed by atoms with Crippen LogP contribution in [-0.2, 0) is 0 Å². The molecule has 3 rings (SSSR count). The van der Waals surface area contributed by atoms with Gasteiger partial charge in [0.1, 0.15) is 0 Å². The van der Waals surface area contributed by atoms with Crippen LogP contribution in [0.5, 0.6) is 0 Å². The van der Waals surface area contributed by atoms with Gasteiger partial charge in [-0.25, -0.2) is 4.98 Å². The topological polar surface area (TPSA) is 12.9 Å². The number of nitrogens with zero attached hydrogens (tertiary/aromatic N) is 1. The van der Waals surface area contributed by atoms with E-state index in [2.05, 4.69) is 19.2 Å². The number of aromatic nitrogens is 1. The first-order valence-electron chi connectivity index (χ1n) is 6.67. The highest BCUT2D eigenvalue weighted by atomic mass is 35.5. The Morgan fingerprint density at radius 3 is 2.43 bits per heavy atom. The van der Waals surface area contributed by atoms with E-state index >= 15 is 0 Å². The van der Waals surface area contributed by atoms with Crippen LogP contribution in [0.2, 0.25) is 5.02 Å². The second-order valence-electron chi connectivity index (χ2n) is 4.76. The van der Waals surface area contributed by atoms with Gasteiger partial charge in [0.2, 0.25) is 0 Å². The quantitative estimate of drug-likeness (QED) is 0.590. The zero-order valence-corrected chi connectivity index (χ0v) is 12.3. The summed E-state index contributed by atoms with van der Waals surface area (Å²) in [5.41, 5.74) is 4.86. The number of fused-ring (bicyclic) bond motifs is 1. The van der Waals surface area contributed by atoms with E-state index in [-0.39, 0.29) is 0 Å². The van der Waals surface area contributed by atoms with Gasteiger partial charge < -0.3 is 0 Å². The summed E-state index contributed by atoms with van der Waals surface area (Å²) in [6, 6.07) is 15.9. The molecule has 3 aromatic rings. The minimum absolute atomic E-state index is 0.712. The van der Waals surface area contributed by atoms with Crippen molar-refractivity contribution in [2.24, 2.45) is 0 Å². The Bertz CT molecular complexity index is 849. The molecule has 0 aliphatic rings. The highest BCUT2D eigenvalue weighted by Crippen LogP contribution is 2.29. The molecule has 0 N–H and O–H groups in total. The summed E-state index contributed by atoms with van der Waals surface area (Å²) in [5, 5.41) is 1.68. The number of para-hydroxylation sites is 1. The van der Waals surface area contributed by atoms with Gasteiger partial charge >= 0.3 is 0 Å². The molecule has 0 saturated heterocycles. The Hall–Kier alpha value is -2.38. The van der Waals surface area contributed by atoms with Gasteiger partial charge in [-0.3, -0.25) is 0 Å². The molecule has 2 aromatic carbocycles. The van der Waals surface area contributed by atoms with Crippen LogP contribution in [0.15, 0.2) is 61.7 Å². The molecule has 0 radical (unpaired) electrons. The molecule has 0 spiro atoms. The predicted octanol–water partition coefficient (Wildman–Crippen LogP) is 5.84. The van der Waals surface area contributed by atoms with Gasteiger partial charge in [-0.2, -0.15) is 0 Å². The molecule has 0 atom stereocenters. The molecule has 2 heteroatoms. The lowest BCUT2D eigenvalue weighted by molar-refractivity contribution is 1.39. The van der Waals surface area contributed by atoms with Gasteiger partial charge in [0.25, 0.3) is 0 Å². The summed E-state index contributed by atoms with van der Waals surface area (Å²) in [4.78, 5) is 4.69. The molecule has 21 heavy (non-hydrogen) atoms. The predicted molar refractivity (Wildman–Crippen MR) is 92.4 cm³/mol. The number of hydrogen-bond donors (Lipinski definition) is 0. The van der Waals surface area contributed by atoms with Crippen LogP contribution in [0.25, 0.3) is 34.3 Å². The molecule has 102 valence electrons. The summed E-state index contributed by atoms with van der Waals surface area (Å²) in [6.07, 6.45) is 3.64. The SMILES string of the molecule is C=Cc1ccc(-c2cc(Cl)c3ccccc3n2)cc1C=C. The maximum absolute atomic E-state index is 6.37. The zero-order chi connectivity index (χ0) is 14.8. The Morgan fingerprint density at radius 2 is 1.67 bits per heavy atom. The summed E-state index contributed by atoms with van der Waals surface area (Å²) < 4.78 is 0. The highest BCUT2D eigenvalue weighted by Gasteiger charge is 2.07. The monoisotopic (exact) mass is 291 g/mol. The molecule has 0 amide bonds. The molecule has 0 unspecified atom stereocenters. The first-order valence-corrected chi connectivity index (χ1v) is 7.05. The molecule has 0 saturated carbocycles. The largest absolute Gasteiger partial charge is 0.248 e. The van der Waals surface area contributed by atoms with Gasteiger partial charge in [-0.15, -0.1) is 0 Å². The van der Waals surface area contributed by atoms with Gasteiger partial charge in [0, 0.05) is 10.9 Å². The first-order chi connectivity index (χ1) is 10.2. The van der Waals surface area contributed by atoms with Crippen molar-refractivity contribution in [3.05, 3.63) is 77.8 Å². The van der Waals surface area contributed by atoms with E-state index in [1.54, 1.807) is 0 Å². The van der Waals surface area contributed by atoms with Crippen LogP contribution in [0.3, 0.4) is 0 Å². The minimum Gasteiger partial charge on any atom is -0.248 e. The molecule has 0 bridgehead atoms. The summed E-state index contributed by atoms with van der Waals surface area (Å²) in [6.45, 7) is 7.66. The van der Waals surface area contributed by atoms with Crippen molar-refractivity contribution in [2.45, 2.75) is 0 Å². The molecular weight excluding hydrogens is 278 g/mol. The molecule has 0 aliphatic carbocycles. The Kier molecular flexibility index (Phi) is 3.59. The van der Waals surface area contributed by atoms with Crippen LogP contribution in [0.4, 0.5) is 0 Å². The van der Waals surface area contributed by atoms with Crippen LogP contribution in [-0.4, -0.2) is 4.98 Å². The van der Waals surface area contributed by atoms with E-state index in [0.717, 1.165) is 33.3 Å². The van der Waals surface area contributed by atoms with Crippen molar-refractivity contribution < 1.29 is 0 Å². The zero-order valence-electron chi connectivity index (χ0n) is 11.5. The van der Waals surface area contributed by atoms with Crippen molar-refractivity contribution in [1.82, 2.24) is 4.98 Å². The van der Waals surface area contributed by atoms with Crippen LogP contribution >= 0.6 is 11.6 Å². The van der Waals surface area contributed by atoms with Gasteiger partial charge in [0.15, 0.2) is 0 Å². The van der Waals surface area contributed by atoms with E-state index in [0.29, 0.717) is 5.02 Å². The fraction of sp³-hybridized carbons (Fsp3) is 0. The molecule has 0 aliphatic heterocycles. The van der Waals surface area contributed by atoms with Crippen molar-refractivity contribution in [2.75, 3.05) is 0 Å². The lowest BCUT2D eigenvalue weighted by Crippen LogP contribution is -1.89. The van der Waals surface area contributed by atoms with Crippen molar-refractivity contribution >= 4 is 34.7 Å². The van der Waals surface area contributed by atoms with Gasteiger partial charge in [0.05, 0.1) is 16.2 Å². The van der Waals surface area contributed by atoms with E-state index in [1.165, 1.54) is 0 Å². The van der Waals surface area contributed by atoms with Crippen molar-refractivity contribution in [3.8, 4) is 11.3 Å². The van der Waals surface area contributed by atoms with Crippen LogP contribution in [0, 0.1) is 0 Å².